The summed E-state index contributed by atoms with van der Waals surface area (Å²) in [7, 11) is -9.95. The Bertz CT molecular complexity index is 2140. The van der Waals surface area contributed by atoms with E-state index < -0.39 is 97.5 Å². The summed E-state index contributed by atoms with van der Waals surface area (Å²) < 4.78 is 68.5. The fourth-order valence-electron chi connectivity index (χ4n) is 10.6. The number of aliphatic hydroxyl groups is 1. The van der Waals surface area contributed by atoms with Crippen molar-refractivity contribution in [2.75, 3.05) is 39.6 Å². The SMILES string of the molecule is CCCCC/C=C\C/C=C\C/C=C\CCCCCCCCC(=O)OCC(COP(=O)(O)OCC(O)COP(=O)(O)OCC(COC(=O)CCCCCCC/C=C\CCCCCC)OC(=O)CCCCCCC/C=C\CCCCCC)OC(=O)CCCCCCC/C=C\CCCCCC. The molecule has 0 aromatic heterocycles. The number of unbranched alkanes of at least 4 members (excludes halogenated alkanes) is 36. The molecule has 0 heterocycles. The van der Waals surface area contributed by atoms with Crippen LogP contribution < -0.4 is 0 Å². The van der Waals surface area contributed by atoms with Gasteiger partial charge in [0, 0.05) is 25.7 Å². The van der Waals surface area contributed by atoms with Crippen LogP contribution in [0.2, 0.25) is 0 Å². The van der Waals surface area contributed by atoms with Crippen molar-refractivity contribution in [2.45, 2.75) is 367 Å². The molecular weight excluding hydrogens is 1280 g/mol. The van der Waals surface area contributed by atoms with Crippen molar-refractivity contribution < 1.29 is 80.2 Å². The predicted octanol–water partition coefficient (Wildman–Crippen LogP) is 22.4. The average Bonchev–Trinajstić information content (AvgIpc) is 0.966. The van der Waals surface area contributed by atoms with Crippen molar-refractivity contribution in [3.05, 3.63) is 72.9 Å². The molecule has 3 N–H and O–H groups in total. The standard InChI is InChI=1S/C79H142O17P2/c1-5-9-13-17-21-25-29-33-34-35-36-37-38-42-44-48-52-56-60-64-77(82)90-70-75(96-79(84)66-62-58-54-50-46-41-32-28-24-20-16-12-8-4)72-94-98(87,88)92-68-73(80)67-91-97(85,86)93-71-74(95-78(83)65-61-57-53-49-45-40-31-27-23-19-15-11-7-3)69-89-76(81)63-59-55-51-47-43-39-30-26-22-18-14-10-6-2/h21,25-28,30-34,36-37,73-75,80H,5-20,22-24,29,35,38-72H2,1-4H3,(H,85,86)(H,87,88)/b25-21-,30-26-,31-27-,32-28-,34-33-,37-36-. The number of carbonyl (C=O) groups excluding carboxylic acids is 4. The lowest BCUT2D eigenvalue weighted by Gasteiger charge is -2.21. The normalized spacial score (nSPS) is 14.3. The maximum Gasteiger partial charge on any atom is 0.472 e. The molecule has 0 aliphatic carbocycles. The van der Waals surface area contributed by atoms with E-state index in [1.165, 1.54) is 96.3 Å². The highest BCUT2D eigenvalue weighted by molar-refractivity contribution is 7.47. The Morgan fingerprint density at radius 3 is 0.796 bits per heavy atom. The van der Waals surface area contributed by atoms with Gasteiger partial charge in [0.1, 0.15) is 19.3 Å². The van der Waals surface area contributed by atoms with Crippen LogP contribution in [0.15, 0.2) is 72.9 Å². The van der Waals surface area contributed by atoms with Crippen LogP contribution in [0.5, 0.6) is 0 Å². The molecule has 0 fully saturated rings. The minimum absolute atomic E-state index is 0.0839. The molecule has 0 spiro atoms. The summed E-state index contributed by atoms with van der Waals surface area (Å²) >= 11 is 0. The maximum absolute atomic E-state index is 13.1. The molecule has 0 bridgehead atoms. The number of allylic oxidation sites excluding steroid dienone is 12. The molecule has 0 rings (SSSR count). The first kappa shape index (κ1) is 94.5. The highest BCUT2D eigenvalue weighted by Gasteiger charge is 2.30. The number of rotatable bonds is 74. The zero-order chi connectivity index (χ0) is 71.8. The molecule has 5 unspecified atom stereocenters. The van der Waals surface area contributed by atoms with Crippen molar-refractivity contribution in [2.24, 2.45) is 0 Å². The van der Waals surface area contributed by atoms with E-state index in [9.17, 15) is 43.2 Å². The van der Waals surface area contributed by atoms with Gasteiger partial charge < -0.3 is 33.8 Å². The Kier molecular flexibility index (Phi) is 69.3. The summed E-state index contributed by atoms with van der Waals surface area (Å²) in [6.07, 6.45) is 71.7. The van der Waals surface area contributed by atoms with Crippen LogP contribution in [0, 0.1) is 0 Å². The van der Waals surface area contributed by atoms with E-state index in [1.807, 2.05) is 0 Å². The van der Waals surface area contributed by atoms with Gasteiger partial charge in [0.2, 0.25) is 0 Å². The van der Waals surface area contributed by atoms with Crippen LogP contribution in [0.3, 0.4) is 0 Å². The Balaban J connectivity index is 5.32. The molecule has 570 valence electrons. The molecule has 98 heavy (non-hydrogen) atoms. The number of phosphoric acid groups is 2. The zero-order valence-electron chi connectivity index (χ0n) is 62.2. The molecule has 0 saturated heterocycles. The summed E-state index contributed by atoms with van der Waals surface area (Å²) in [5.74, 6) is -2.19. The molecule has 0 aliphatic heterocycles. The first-order valence-corrected chi connectivity index (χ1v) is 42.2. The summed E-state index contributed by atoms with van der Waals surface area (Å²) in [6, 6.07) is 0. The average molecular weight is 1430 g/mol. The van der Waals surface area contributed by atoms with Crippen LogP contribution in [-0.4, -0.2) is 96.7 Å². The molecule has 0 saturated carbocycles. The lowest BCUT2D eigenvalue weighted by Crippen LogP contribution is -2.30. The molecule has 0 radical (unpaired) electrons. The molecule has 0 aliphatic rings. The molecular formula is C79H142O17P2. The largest absolute Gasteiger partial charge is 0.472 e. The van der Waals surface area contributed by atoms with Gasteiger partial charge in [-0.05, 0) is 141 Å². The highest BCUT2D eigenvalue weighted by atomic mass is 31.2. The number of esters is 4. The summed E-state index contributed by atoms with van der Waals surface area (Å²) in [5, 5.41) is 10.6. The van der Waals surface area contributed by atoms with E-state index in [2.05, 4.69) is 101 Å². The third-order valence-electron chi connectivity index (χ3n) is 16.6. The van der Waals surface area contributed by atoms with E-state index in [1.54, 1.807) is 0 Å². The Labute approximate surface area is 596 Å². The Morgan fingerprint density at radius 2 is 0.500 bits per heavy atom. The number of ether oxygens (including phenoxy) is 4. The summed E-state index contributed by atoms with van der Waals surface area (Å²) in [6.45, 7) is 4.80. The van der Waals surface area contributed by atoms with Crippen molar-refractivity contribution in [3.8, 4) is 0 Å². The van der Waals surface area contributed by atoms with Crippen LogP contribution in [0.1, 0.15) is 349 Å². The first-order chi connectivity index (χ1) is 47.7. The predicted molar refractivity (Wildman–Crippen MR) is 400 cm³/mol. The van der Waals surface area contributed by atoms with Crippen molar-refractivity contribution in [3.63, 3.8) is 0 Å². The smallest absolute Gasteiger partial charge is 0.462 e. The fraction of sp³-hybridized carbons (Fsp3) is 0.797. The first-order valence-electron chi connectivity index (χ1n) is 39.2. The highest BCUT2D eigenvalue weighted by Crippen LogP contribution is 2.45. The molecule has 5 atom stereocenters. The van der Waals surface area contributed by atoms with Gasteiger partial charge in [0.05, 0.1) is 26.4 Å². The molecule has 0 amide bonds. The maximum atomic E-state index is 13.1. The van der Waals surface area contributed by atoms with Crippen LogP contribution in [0.25, 0.3) is 0 Å². The topological polar surface area (TPSA) is 237 Å². The van der Waals surface area contributed by atoms with Gasteiger partial charge in [-0.15, -0.1) is 0 Å². The van der Waals surface area contributed by atoms with Gasteiger partial charge >= 0.3 is 39.5 Å². The van der Waals surface area contributed by atoms with E-state index in [0.717, 1.165) is 173 Å². The number of carbonyl (C=O) groups is 4. The van der Waals surface area contributed by atoms with Crippen LogP contribution in [-0.2, 0) is 65.4 Å². The van der Waals surface area contributed by atoms with E-state index in [4.69, 9.17) is 37.0 Å². The van der Waals surface area contributed by atoms with E-state index in [0.29, 0.717) is 25.7 Å². The Hall–Kier alpha value is -3.50. The minimum Gasteiger partial charge on any atom is -0.462 e. The van der Waals surface area contributed by atoms with Gasteiger partial charge in [-0.3, -0.25) is 37.3 Å². The van der Waals surface area contributed by atoms with E-state index in [-0.39, 0.29) is 25.7 Å². The van der Waals surface area contributed by atoms with E-state index >= 15 is 0 Å². The second-order valence-corrected chi connectivity index (χ2v) is 29.2. The second kappa shape index (κ2) is 71.9. The second-order valence-electron chi connectivity index (χ2n) is 26.3. The van der Waals surface area contributed by atoms with Crippen molar-refractivity contribution in [1.29, 1.82) is 0 Å². The molecule has 0 aromatic rings. The van der Waals surface area contributed by atoms with Gasteiger partial charge in [0.25, 0.3) is 0 Å². The third kappa shape index (κ3) is 70.9. The Morgan fingerprint density at radius 1 is 0.286 bits per heavy atom. The molecule has 19 heteroatoms. The molecule has 0 aromatic carbocycles. The van der Waals surface area contributed by atoms with Gasteiger partial charge in [0.15, 0.2) is 12.2 Å². The minimum atomic E-state index is -4.98. The fourth-order valence-corrected chi connectivity index (χ4v) is 12.1. The number of hydrogen-bond acceptors (Lipinski definition) is 15. The third-order valence-corrected chi connectivity index (χ3v) is 18.5. The van der Waals surface area contributed by atoms with Crippen LogP contribution >= 0.6 is 15.6 Å². The number of phosphoric ester groups is 2. The summed E-state index contributed by atoms with van der Waals surface area (Å²) in [5.41, 5.74) is 0. The quantitative estimate of drug-likeness (QED) is 0.0169. The number of hydrogen-bond donors (Lipinski definition) is 3. The molecule has 17 nitrogen and oxygen atoms in total. The van der Waals surface area contributed by atoms with Gasteiger partial charge in [-0.2, -0.15) is 0 Å². The van der Waals surface area contributed by atoms with Gasteiger partial charge in [-0.25, -0.2) is 9.13 Å². The summed E-state index contributed by atoms with van der Waals surface area (Å²) in [4.78, 5) is 72.8. The lowest BCUT2D eigenvalue weighted by molar-refractivity contribution is -0.161. The van der Waals surface area contributed by atoms with Gasteiger partial charge in [-0.1, -0.05) is 255 Å². The van der Waals surface area contributed by atoms with Crippen molar-refractivity contribution in [1.82, 2.24) is 0 Å². The monoisotopic (exact) mass is 1420 g/mol. The van der Waals surface area contributed by atoms with Crippen molar-refractivity contribution >= 4 is 39.5 Å². The lowest BCUT2D eigenvalue weighted by atomic mass is 10.1. The van der Waals surface area contributed by atoms with Crippen LogP contribution in [0.4, 0.5) is 0 Å². The number of aliphatic hydroxyl groups excluding tert-OH is 1. The zero-order valence-corrected chi connectivity index (χ0v) is 64.0.